The molecule has 2 aromatic rings. The van der Waals surface area contributed by atoms with Gasteiger partial charge in [0.25, 0.3) is 5.69 Å². The van der Waals surface area contributed by atoms with Crippen molar-refractivity contribution in [1.82, 2.24) is 5.32 Å². The third-order valence-corrected chi connectivity index (χ3v) is 3.65. The molecule has 0 fully saturated rings. The van der Waals surface area contributed by atoms with Crippen molar-refractivity contribution in [3.8, 4) is 0 Å². The predicted octanol–water partition coefficient (Wildman–Crippen LogP) is 3.76. The first-order valence-corrected chi connectivity index (χ1v) is 7.92. The van der Waals surface area contributed by atoms with E-state index in [0.29, 0.717) is 36.6 Å². The molecule has 0 unspecified atom stereocenters. The highest BCUT2D eigenvalue weighted by Crippen LogP contribution is 2.22. The molecule has 126 valence electrons. The summed E-state index contributed by atoms with van der Waals surface area (Å²) in [5, 5.41) is 17.4. The average Bonchev–Trinajstić information content (AvgIpc) is 2.58. The Morgan fingerprint density at radius 3 is 2.54 bits per heavy atom. The lowest BCUT2D eigenvalue weighted by atomic mass is 10.2. The van der Waals surface area contributed by atoms with Gasteiger partial charge in [-0.25, -0.2) is 0 Å². The lowest BCUT2D eigenvalue weighted by Gasteiger charge is -2.08. The van der Waals surface area contributed by atoms with Gasteiger partial charge in [0.1, 0.15) is 5.69 Å². The van der Waals surface area contributed by atoms with Crippen molar-refractivity contribution < 1.29 is 9.72 Å². The van der Waals surface area contributed by atoms with Crippen LogP contribution in [0.25, 0.3) is 0 Å². The molecule has 0 aromatic heterocycles. The van der Waals surface area contributed by atoms with Crippen molar-refractivity contribution >= 4 is 28.9 Å². The third-order valence-electron chi connectivity index (χ3n) is 3.40. The van der Waals surface area contributed by atoms with Crippen LogP contribution in [0, 0.1) is 10.1 Å². The van der Waals surface area contributed by atoms with Crippen LogP contribution in [0.5, 0.6) is 0 Å². The monoisotopic (exact) mass is 347 g/mol. The van der Waals surface area contributed by atoms with E-state index in [4.69, 9.17) is 11.6 Å². The Morgan fingerprint density at radius 1 is 1.12 bits per heavy atom. The zero-order valence-electron chi connectivity index (χ0n) is 13.0. The molecular formula is C17H18ClN3O3. The molecule has 0 saturated heterocycles. The van der Waals surface area contributed by atoms with Crippen LogP contribution in [0.15, 0.2) is 48.5 Å². The van der Waals surface area contributed by atoms with Crippen LogP contribution < -0.4 is 10.6 Å². The van der Waals surface area contributed by atoms with Crippen molar-refractivity contribution in [3.63, 3.8) is 0 Å². The van der Waals surface area contributed by atoms with Crippen molar-refractivity contribution in [2.45, 2.75) is 19.4 Å². The number of nitro benzene ring substituents is 1. The van der Waals surface area contributed by atoms with Crippen LogP contribution in [-0.4, -0.2) is 17.4 Å². The van der Waals surface area contributed by atoms with E-state index in [-0.39, 0.29) is 11.6 Å². The molecule has 0 aliphatic heterocycles. The van der Waals surface area contributed by atoms with Gasteiger partial charge in [-0.3, -0.25) is 14.9 Å². The molecule has 1 amide bonds. The Hall–Kier alpha value is -2.60. The van der Waals surface area contributed by atoms with Gasteiger partial charge in [0.05, 0.1) is 4.92 Å². The lowest BCUT2D eigenvalue weighted by molar-refractivity contribution is -0.384. The van der Waals surface area contributed by atoms with Gasteiger partial charge in [0.15, 0.2) is 0 Å². The molecule has 0 atom stereocenters. The Labute approximate surface area is 145 Å². The number of carbonyl (C=O) groups is 1. The molecule has 6 nitrogen and oxygen atoms in total. The van der Waals surface area contributed by atoms with Gasteiger partial charge >= 0.3 is 0 Å². The maximum atomic E-state index is 11.8. The van der Waals surface area contributed by atoms with E-state index < -0.39 is 4.92 Å². The van der Waals surface area contributed by atoms with Crippen molar-refractivity contribution in [2.75, 3.05) is 11.9 Å². The molecule has 0 aliphatic carbocycles. The van der Waals surface area contributed by atoms with E-state index in [9.17, 15) is 14.9 Å². The molecule has 0 saturated carbocycles. The maximum Gasteiger partial charge on any atom is 0.292 e. The number of rotatable bonds is 8. The van der Waals surface area contributed by atoms with Gasteiger partial charge in [-0.2, -0.15) is 0 Å². The summed E-state index contributed by atoms with van der Waals surface area (Å²) in [6.45, 7) is 0.937. The van der Waals surface area contributed by atoms with E-state index in [0.717, 1.165) is 5.56 Å². The summed E-state index contributed by atoms with van der Waals surface area (Å²) in [7, 11) is 0. The highest BCUT2D eigenvalue weighted by Gasteiger charge is 2.11. The standard InChI is InChI=1S/C17H18ClN3O3/c18-14-9-7-13(8-10-14)12-20-17(22)6-3-11-19-15-4-1-2-5-16(15)21(23)24/h1-2,4-5,7-10,19H,3,6,11-12H2,(H,20,22). The molecular weight excluding hydrogens is 330 g/mol. The van der Waals surface area contributed by atoms with Gasteiger partial charge in [0, 0.05) is 30.6 Å². The molecule has 0 bridgehead atoms. The summed E-state index contributed by atoms with van der Waals surface area (Å²) < 4.78 is 0. The topological polar surface area (TPSA) is 84.3 Å². The first kappa shape index (κ1) is 17.7. The molecule has 2 N–H and O–H groups in total. The minimum Gasteiger partial charge on any atom is -0.379 e. The number of halogens is 1. The van der Waals surface area contributed by atoms with Crippen LogP contribution in [0.4, 0.5) is 11.4 Å². The maximum absolute atomic E-state index is 11.8. The SMILES string of the molecule is O=C(CCCNc1ccccc1[N+](=O)[O-])NCc1ccc(Cl)cc1. The number of nitrogens with one attached hydrogen (secondary N) is 2. The quantitative estimate of drug-likeness (QED) is 0.432. The molecule has 0 heterocycles. The molecule has 24 heavy (non-hydrogen) atoms. The molecule has 2 aromatic carbocycles. The average molecular weight is 348 g/mol. The highest BCUT2D eigenvalue weighted by molar-refractivity contribution is 6.30. The molecule has 2 rings (SSSR count). The Kier molecular flexibility index (Phi) is 6.57. The summed E-state index contributed by atoms with van der Waals surface area (Å²) in [6, 6.07) is 13.7. The number of amides is 1. The summed E-state index contributed by atoms with van der Waals surface area (Å²) >= 11 is 5.80. The van der Waals surface area contributed by atoms with Crippen molar-refractivity contribution in [1.29, 1.82) is 0 Å². The lowest BCUT2D eigenvalue weighted by Crippen LogP contribution is -2.23. The van der Waals surface area contributed by atoms with Crippen molar-refractivity contribution in [3.05, 3.63) is 69.2 Å². The molecule has 0 aliphatic rings. The molecule has 0 spiro atoms. The van der Waals surface area contributed by atoms with E-state index in [2.05, 4.69) is 10.6 Å². The Morgan fingerprint density at radius 2 is 1.83 bits per heavy atom. The van der Waals surface area contributed by atoms with Gasteiger partial charge in [-0.15, -0.1) is 0 Å². The zero-order valence-corrected chi connectivity index (χ0v) is 13.8. The first-order chi connectivity index (χ1) is 11.6. The second-order valence-electron chi connectivity index (χ2n) is 5.21. The fraction of sp³-hybridized carbons (Fsp3) is 0.235. The fourth-order valence-electron chi connectivity index (χ4n) is 2.15. The number of para-hydroxylation sites is 2. The second-order valence-corrected chi connectivity index (χ2v) is 5.64. The third kappa shape index (κ3) is 5.55. The van der Waals surface area contributed by atoms with Crippen molar-refractivity contribution in [2.24, 2.45) is 0 Å². The van der Waals surface area contributed by atoms with E-state index >= 15 is 0 Å². The molecule has 0 radical (unpaired) electrons. The Balaban J connectivity index is 1.69. The van der Waals surface area contributed by atoms with Gasteiger partial charge in [-0.05, 0) is 30.2 Å². The van der Waals surface area contributed by atoms with E-state index in [1.807, 2.05) is 12.1 Å². The fourth-order valence-corrected chi connectivity index (χ4v) is 2.27. The predicted molar refractivity (Wildman–Crippen MR) is 94.1 cm³/mol. The van der Waals surface area contributed by atoms with Crippen LogP contribution in [0.3, 0.4) is 0 Å². The number of hydrogen-bond acceptors (Lipinski definition) is 4. The summed E-state index contributed by atoms with van der Waals surface area (Å²) in [5.74, 6) is -0.0608. The first-order valence-electron chi connectivity index (χ1n) is 7.54. The zero-order chi connectivity index (χ0) is 17.4. The number of carbonyl (C=O) groups excluding carboxylic acids is 1. The minimum atomic E-state index is -0.429. The van der Waals surface area contributed by atoms with Crippen LogP contribution in [-0.2, 0) is 11.3 Å². The number of nitrogens with zero attached hydrogens (tertiary/aromatic N) is 1. The highest BCUT2D eigenvalue weighted by atomic mass is 35.5. The number of hydrogen-bond donors (Lipinski definition) is 2. The van der Waals surface area contributed by atoms with Gasteiger partial charge in [0.2, 0.25) is 5.91 Å². The second kappa shape index (κ2) is 8.88. The van der Waals surface area contributed by atoms with Gasteiger partial charge in [-0.1, -0.05) is 35.9 Å². The number of nitro groups is 1. The summed E-state index contributed by atoms with van der Waals surface area (Å²) in [5.41, 5.74) is 1.47. The number of anilines is 1. The van der Waals surface area contributed by atoms with Gasteiger partial charge < -0.3 is 10.6 Å². The largest absolute Gasteiger partial charge is 0.379 e. The summed E-state index contributed by atoms with van der Waals surface area (Å²) in [4.78, 5) is 22.3. The minimum absolute atomic E-state index is 0.0321. The number of benzene rings is 2. The summed E-state index contributed by atoms with van der Waals surface area (Å²) in [6.07, 6.45) is 0.930. The normalized spacial score (nSPS) is 10.2. The van der Waals surface area contributed by atoms with E-state index in [1.54, 1.807) is 30.3 Å². The van der Waals surface area contributed by atoms with Crippen LogP contribution >= 0.6 is 11.6 Å². The van der Waals surface area contributed by atoms with Crippen LogP contribution in [0.1, 0.15) is 18.4 Å². The van der Waals surface area contributed by atoms with Crippen LogP contribution in [0.2, 0.25) is 5.02 Å². The molecule has 7 heteroatoms. The smallest absolute Gasteiger partial charge is 0.292 e. The Bertz CT molecular complexity index is 704. The van der Waals surface area contributed by atoms with E-state index in [1.165, 1.54) is 6.07 Å².